The summed E-state index contributed by atoms with van der Waals surface area (Å²) in [5, 5.41) is 10.4. The molecule has 17 heavy (non-hydrogen) atoms. The van der Waals surface area contributed by atoms with Crippen molar-refractivity contribution in [3.8, 4) is 5.75 Å². The van der Waals surface area contributed by atoms with E-state index in [0.29, 0.717) is 0 Å². The monoisotopic (exact) mass is 254 g/mol. The lowest BCUT2D eigenvalue weighted by atomic mass is 10.2. The van der Waals surface area contributed by atoms with Crippen LogP contribution in [0.25, 0.3) is 0 Å². The van der Waals surface area contributed by atoms with E-state index < -0.39 is 35.1 Å². The van der Waals surface area contributed by atoms with Crippen molar-refractivity contribution in [1.82, 2.24) is 4.98 Å². The molecule has 0 amide bonds. The highest BCUT2D eigenvalue weighted by Crippen LogP contribution is 2.34. The number of nitrogens with zero attached hydrogens (tertiary/aromatic N) is 2. The van der Waals surface area contributed by atoms with Gasteiger partial charge in [0.1, 0.15) is 18.4 Å². The first-order chi connectivity index (χ1) is 7.76. The van der Waals surface area contributed by atoms with Crippen molar-refractivity contribution in [2.75, 3.05) is 0 Å². The van der Waals surface area contributed by atoms with E-state index in [9.17, 15) is 27.7 Å². The third-order valence-corrected chi connectivity index (χ3v) is 1.81. The molecule has 0 saturated carbocycles. The summed E-state index contributed by atoms with van der Waals surface area (Å²) in [6.45, 7) is -0.298. The molecular weight excluding hydrogens is 248 g/mol. The molecule has 94 valence electrons. The maximum absolute atomic E-state index is 12.6. The average Bonchev–Trinajstić information content (AvgIpc) is 2.18. The summed E-state index contributed by atoms with van der Waals surface area (Å²) in [5.74, 6) is -1.90. The van der Waals surface area contributed by atoms with E-state index in [0.717, 1.165) is 6.20 Å². The number of nitro groups is 1. The number of aromatic nitrogens is 1. The third-order valence-electron chi connectivity index (χ3n) is 1.81. The van der Waals surface area contributed by atoms with E-state index in [4.69, 9.17) is 0 Å². The number of hydrogen-bond acceptors (Lipinski definition) is 4. The molecule has 0 aliphatic rings. The fourth-order valence-electron chi connectivity index (χ4n) is 1.17. The van der Waals surface area contributed by atoms with Crippen LogP contribution in [0.3, 0.4) is 0 Å². The second-order valence-corrected chi connectivity index (χ2v) is 3.01. The Morgan fingerprint density at radius 1 is 1.53 bits per heavy atom. The van der Waals surface area contributed by atoms with Gasteiger partial charge >= 0.3 is 12.2 Å². The molecule has 0 saturated heterocycles. The van der Waals surface area contributed by atoms with Gasteiger partial charge in [0.15, 0.2) is 5.75 Å². The van der Waals surface area contributed by atoms with Crippen LogP contribution >= 0.6 is 0 Å². The van der Waals surface area contributed by atoms with Crippen molar-refractivity contribution >= 4 is 5.82 Å². The van der Waals surface area contributed by atoms with Gasteiger partial charge in [-0.3, -0.25) is 0 Å². The van der Waals surface area contributed by atoms with Crippen LogP contribution in [0, 0.1) is 17.0 Å². The molecule has 1 heterocycles. The first-order valence-electron chi connectivity index (χ1n) is 4.21. The summed E-state index contributed by atoms with van der Waals surface area (Å²) < 4.78 is 52.2. The normalized spacial score (nSPS) is 11.4. The molecule has 0 atom stereocenters. The third kappa shape index (κ3) is 3.02. The molecule has 0 unspecified atom stereocenters. The van der Waals surface area contributed by atoms with Gasteiger partial charge in [0, 0.05) is 5.56 Å². The summed E-state index contributed by atoms with van der Waals surface area (Å²) in [4.78, 5) is 12.6. The smallest absolute Gasteiger partial charge is 0.405 e. The van der Waals surface area contributed by atoms with Crippen molar-refractivity contribution < 1.29 is 27.2 Å². The Kier molecular flexibility index (Phi) is 3.49. The Balaban J connectivity index is 3.35. The number of rotatable bonds is 3. The second kappa shape index (κ2) is 4.52. The highest BCUT2D eigenvalue weighted by molar-refractivity contribution is 5.48. The quantitative estimate of drug-likeness (QED) is 0.472. The Labute approximate surface area is 92.2 Å². The van der Waals surface area contributed by atoms with Crippen molar-refractivity contribution in [1.29, 1.82) is 0 Å². The Bertz CT molecular complexity index is 447. The van der Waals surface area contributed by atoms with Gasteiger partial charge in [0.2, 0.25) is 0 Å². The van der Waals surface area contributed by atoms with E-state index in [1.54, 1.807) is 0 Å². The standard InChI is InChI=1S/C8H6F4N2O3/c1-4-3-13-7(14(15)16)5(2-9)6(4)17-8(10,11)12/h3H,2H2,1H3. The SMILES string of the molecule is Cc1cnc([N+](=O)[O-])c(CF)c1OC(F)(F)F. The molecule has 0 aliphatic carbocycles. The maximum atomic E-state index is 12.6. The minimum absolute atomic E-state index is 0.138. The number of ether oxygens (including phenoxy) is 1. The first kappa shape index (κ1) is 13.1. The number of alkyl halides is 4. The number of aryl methyl sites for hydroxylation is 1. The molecule has 0 fully saturated rings. The van der Waals surface area contributed by atoms with Crippen LogP contribution in [-0.4, -0.2) is 16.3 Å². The topological polar surface area (TPSA) is 65.3 Å². The van der Waals surface area contributed by atoms with Crippen molar-refractivity contribution in [3.63, 3.8) is 0 Å². The zero-order valence-corrected chi connectivity index (χ0v) is 8.42. The van der Waals surface area contributed by atoms with Gasteiger partial charge in [0.05, 0.1) is 0 Å². The van der Waals surface area contributed by atoms with Crippen LogP contribution in [0.2, 0.25) is 0 Å². The molecule has 0 bridgehead atoms. The summed E-state index contributed by atoms with van der Waals surface area (Å²) in [6, 6.07) is 0. The van der Waals surface area contributed by atoms with Crippen LogP contribution in [-0.2, 0) is 6.67 Å². The summed E-state index contributed by atoms with van der Waals surface area (Å²) in [6.07, 6.45) is -4.23. The Morgan fingerprint density at radius 3 is 2.53 bits per heavy atom. The highest BCUT2D eigenvalue weighted by atomic mass is 19.4. The summed E-state index contributed by atoms with van der Waals surface area (Å²) in [7, 11) is 0. The summed E-state index contributed by atoms with van der Waals surface area (Å²) in [5.41, 5.74) is -0.965. The predicted molar refractivity (Wildman–Crippen MR) is 47.1 cm³/mol. The van der Waals surface area contributed by atoms with Gasteiger partial charge in [-0.15, -0.1) is 13.2 Å². The molecule has 1 aromatic rings. The van der Waals surface area contributed by atoms with Crippen LogP contribution in [0.4, 0.5) is 23.4 Å². The van der Waals surface area contributed by atoms with Crippen LogP contribution in [0.1, 0.15) is 11.1 Å². The maximum Gasteiger partial charge on any atom is 0.573 e. The van der Waals surface area contributed by atoms with Crippen molar-refractivity contribution in [3.05, 3.63) is 27.4 Å². The van der Waals surface area contributed by atoms with Crippen LogP contribution < -0.4 is 4.74 Å². The lowest BCUT2D eigenvalue weighted by Gasteiger charge is -2.13. The lowest BCUT2D eigenvalue weighted by molar-refractivity contribution is -0.390. The van der Waals surface area contributed by atoms with Gasteiger partial charge in [-0.2, -0.15) is 0 Å². The molecule has 0 spiro atoms. The van der Waals surface area contributed by atoms with Gasteiger partial charge in [-0.1, -0.05) is 0 Å². The molecule has 0 N–H and O–H groups in total. The molecule has 5 nitrogen and oxygen atoms in total. The first-order valence-corrected chi connectivity index (χ1v) is 4.21. The van der Waals surface area contributed by atoms with E-state index in [2.05, 4.69) is 9.72 Å². The second-order valence-electron chi connectivity index (χ2n) is 3.01. The summed E-state index contributed by atoms with van der Waals surface area (Å²) >= 11 is 0. The van der Waals surface area contributed by atoms with Crippen LogP contribution in [0.15, 0.2) is 6.20 Å². The van der Waals surface area contributed by atoms with E-state index in [1.165, 1.54) is 6.92 Å². The van der Waals surface area contributed by atoms with Crippen molar-refractivity contribution in [2.45, 2.75) is 20.0 Å². The molecule has 0 aliphatic heterocycles. The molecule has 0 aromatic carbocycles. The minimum Gasteiger partial charge on any atom is -0.405 e. The average molecular weight is 254 g/mol. The minimum atomic E-state index is -5.05. The van der Waals surface area contributed by atoms with Crippen molar-refractivity contribution in [2.24, 2.45) is 0 Å². The number of pyridine rings is 1. The number of hydrogen-bond donors (Lipinski definition) is 0. The molecule has 0 radical (unpaired) electrons. The van der Waals surface area contributed by atoms with Gasteiger partial charge in [-0.05, 0) is 16.8 Å². The fraction of sp³-hybridized carbons (Fsp3) is 0.375. The van der Waals surface area contributed by atoms with Gasteiger partial charge in [0.25, 0.3) is 0 Å². The zero-order chi connectivity index (χ0) is 13.2. The molecule has 9 heteroatoms. The molecule has 1 aromatic heterocycles. The van der Waals surface area contributed by atoms with Gasteiger partial charge in [-0.25, -0.2) is 4.39 Å². The van der Waals surface area contributed by atoms with E-state index in [-0.39, 0.29) is 5.56 Å². The largest absolute Gasteiger partial charge is 0.573 e. The lowest BCUT2D eigenvalue weighted by Crippen LogP contribution is -2.19. The highest BCUT2D eigenvalue weighted by Gasteiger charge is 2.35. The zero-order valence-electron chi connectivity index (χ0n) is 8.42. The fourth-order valence-corrected chi connectivity index (χ4v) is 1.17. The Morgan fingerprint density at radius 2 is 2.12 bits per heavy atom. The van der Waals surface area contributed by atoms with Crippen LogP contribution in [0.5, 0.6) is 5.75 Å². The molecule has 1 rings (SSSR count). The van der Waals surface area contributed by atoms with Gasteiger partial charge < -0.3 is 14.9 Å². The van der Waals surface area contributed by atoms with E-state index >= 15 is 0 Å². The molecular formula is C8H6F4N2O3. The Hall–Kier alpha value is -1.93. The van der Waals surface area contributed by atoms with E-state index in [1.807, 2.05) is 0 Å². The number of halogens is 4. The predicted octanol–water partition coefficient (Wildman–Crippen LogP) is 2.67.